The fourth-order valence-corrected chi connectivity index (χ4v) is 3.61. The van der Waals surface area contributed by atoms with Gasteiger partial charge in [-0.2, -0.15) is 0 Å². The molecule has 0 unspecified atom stereocenters. The number of phenolic OH excluding ortho intramolecular Hbond substituents is 1. The third-order valence-corrected chi connectivity index (χ3v) is 5.65. The molecular weight excluding hydrogens is 468 g/mol. The van der Waals surface area contributed by atoms with Crippen LogP contribution in [-0.4, -0.2) is 46.8 Å². The molecule has 0 spiro atoms. The number of halogens is 4. The SMILES string of the molecule is O=Cc1cccc(O)c1.O=Cc1cccc(OC2CCC(F)(F)CC2)c1.OC1CCC(F)(F)CC1. The number of rotatable bonds is 4. The van der Waals surface area contributed by atoms with Crippen LogP contribution in [0.1, 0.15) is 72.1 Å². The highest BCUT2D eigenvalue weighted by molar-refractivity contribution is 5.75. The molecule has 35 heavy (non-hydrogen) atoms. The van der Waals surface area contributed by atoms with E-state index < -0.39 is 17.9 Å². The summed E-state index contributed by atoms with van der Waals surface area (Å²) in [5, 5.41) is 17.6. The maximum absolute atomic E-state index is 12.9. The van der Waals surface area contributed by atoms with Gasteiger partial charge in [0.15, 0.2) is 0 Å². The van der Waals surface area contributed by atoms with Gasteiger partial charge in [-0.1, -0.05) is 24.3 Å². The van der Waals surface area contributed by atoms with Crippen molar-refractivity contribution in [2.24, 2.45) is 0 Å². The summed E-state index contributed by atoms with van der Waals surface area (Å²) in [6, 6.07) is 12.9. The van der Waals surface area contributed by atoms with Gasteiger partial charge in [-0.3, -0.25) is 9.59 Å². The molecule has 4 rings (SSSR count). The first-order valence-electron chi connectivity index (χ1n) is 11.4. The number of carbonyl (C=O) groups excluding carboxylic acids is 2. The minimum absolute atomic E-state index is 0.120. The average molecular weight is 499 g/mol. The van der Waals surface area contributed by atoms with Gasteiger partial charge in [0.25, 0.3) is 0 Å². The van der Waals surface area contributed by atoms with Crippen molar-refractivity contribution in [1.82, 2.24) is 0 Å². The summed E-state index contributed by atoms with van der Waals surface area (Å²) in [5.41, 5.74) is 1.03. The molecule has 192 valence electrons. The van der Waals surface area contributed by atoms with Crippen LogP contribution in [0, 0.1) is 0 Å². The Morgan fingerprint density at radius 2 is 1.26 bits per heavy atom. The number of alkyl halides is 4. The largest absolute Gasteiger partial charge is 0.508 e. The number of hydrogen-bond acceptors (Lipinski definition) is 5. The van der Waals surface area contributed by atoms with E-state index in [-0.39, 0.29) is 50.4 Å². The van der Waals surface area contributed by atoms with E-state index in [1.54, 1.807) is 36.4 Å². The topological polar surface area (TPSA) is 83.8 Å². The highest BCUT2D eigenvalue weighted by Crippen LogP contribution is 2.35. The number of carbonyl (C=O) groups is 2. The van der Waals surface area contributed by atoms with Crippen LogP contribution in [0.15, 0.2) is 48.5 Å². The molecule has 2 N–H and O–H groups in total. The van der Waals surface area contributed by atoms with Gasteiger partial charge in [-0.15, -0.1) is 0 Å². The predicted molar refractivity (Wildman–Crippen MR) is 123 cm³/mol. The van der Waals surface area contributed by atoms with Gasteiger partial charge >= 0.3 is 0 Å². The molecule has 0 saturated heterocycles. The third kappa shape index (κ3) is 10.9. The number of aliphatic hydroxyl groups is 1. The van der Waals surface area contributed by atoms with Gasteiger partial charge in [-0.25, -0.2) is 17.6 Å². The molecule has 0 aliphatic heterocycles. The summed E-state index contributed by atoms with van der Waals surface area (Å²) in [5.74, 6) is -4.34. The van der Waals surface area contributed by atoms with E-state index in [0.717, 1.165) is 6.29 Å². The van der Waals surface area contributed by atoms with E-state index >= 15 is 0 Å². The number of benzene rings is 2. The summed E-state index contributed by atoms with van der Waals surface area (Å²) in [4.78, 5) is 20.6. The zero-order valence-electron chi connectivity index (χ0n) is 19.2. The Kier molecular flexibility index (Phi) is 10.7. The maximum atomic E-state index is 12.9. The zero-order valence-corrected chi connectivity index (χ0v) is 19.2. The predicted octanol–water partition coefficient (Wildman–Crippen LogP) is 6.22. The summed E-state index contributed by atoms with van der Waals surface area (Å²) >= 11 is 0. The first-order chi connectivity index (χ1) is 16.5. The van der Waals surface area contributed by atoms with E-state index in [0.29, 0.717) is 36.0 Å². The van der Waals surface area contributed by atoms with Gasteiger partial charge in [0.1, 0.15) is 24.1 Å². The molecule has 2 saturated carbocycles. The lowest BCUT2D eigenvalue weighted by molar-refractivity contribution is -0.0630. The first-order valence-corrected chi connectivity index (χ1v) is 11.4. The molecule has 0 radical (unpaired) electrons. The summed E-state index contributed by atoms with van der Waals surface area (Å²) in [6.45, 7) is 0. The quantitative estimate of drug-likeness (QED) is 0.386. The molecule has 2 aromatic carbocycles. The minimum atomic E-state index is -2.54. The second-order valence-corrected chi connectivity index (χ2v) is 8.66. The molecule has 0 amide bonds. The van der Waals surface area contributed by atoms with Crippen LogP contribution in [0.4, 0.5) is 17.6 Å². The Morgan fingerprint density at radius 1 is 0.771 bits per heavy atom. The van der Waals surface area contributed by atoms with Crippen LogP contribution in [0.5, 0.6) is 11.5 Å². The van der Waals surface area contributed by atoms with Gasteiger partial charge in [-0.05, 0) is 49.9 Å². The van der Waals surface area contributed by atoms with Gasteiger partial charge < -0.3 is 14.9 Å². The van der Waals surface area contributed by atoms with Crippen LogP contribution >= 0.6 is 0 Å². The summed E-state index contributed by atoms with van der Waals surface area (Å²) in [6.07, 6.45) is 1.48. The van der Waals surface area contributed by atoms with Gasteiger partial charge in [0.05, 0.1) is 12.2 Å². The van der Waals surface area contributed by atoms with Crippen molar-refractivity contribution in [2.75, 3.05) is 0 Å². The standard InChI is InChI=1S/C13H14F2O2.C7H6O2.C6H10F2O/c14-13(15)6-4-11(5-7-13)17-12-3-1-2-10(8-12)9-16;8-5-6-2-1-3-7(9)4-6;7-6(8)3-1-5(9)2-4-6/h1-3,8-9,11H,4-7H2;1-5,9H;5,9H,1-4H2. The van der Waals surface area contributed by atoms with Gasteiger partial charge in [0.2, 0.25) is 11.8 Å². The lowest BCUT2D eigenvalue weighted by Gasteiger charge is -2.28. The van der Waals surface area contributed by atoms with Crippen LogP contribution < -0.4 is 4.74 Å². The van der Waals surface area contributed by atoms with Gasteiger partial charge in [0, 0.05) is 36.8 Å². The number of phenols is 1. The van der Waals surface area contributed by atoms with E-state index in [1.807, 2.05) is 0 Å². The number of ether oxygens (including phenoxy) is 1. The van der Waals surface area contributed by atoms with E-state index in [4.69, 9.17) is 14.9 Å². The molecular formula is C26H30F4O5. The molecule has 2 fully saturated rings. The number of aliphatic hydroxyl groups excluding tert-OH is 1. The molecule has 2 aliphatic carbocycles. The molecule has 0 atom stereocenters. The van der Waals surface area contributed by atoms with Crippen LogP contribution in [-0.2, 0) is 0 Å². The Bertz CT molecular complexity index is 931. The second kappa shape index (κ2) is 13.2. The normalized spacial score (nSPS) is 19.2. The second-order valence-electron chi connectivity index (χ2n) is 8.66. The molecule has 0 heterocycles. The lowest BCUT2D eigenvalue weighted by atomic mass is 9.94. The smallest absolute Gasteiger partial charge is 0.248 e. The Hall–Kier alpha value is -2.94. The monoisotopic (exact) mass is 498 g/mol. The molecule has 9 heteroatoms. The highest BCUT2D eigenvalue weighted by Gasteiger charge is 2.36. The number of aldehydes is 2. The fraction of sp³-hybridized carbons (Fsp3) is 0.462. The molecule has 2 aromatic rings. The van der Waals surface area contributed by atoms with Crippen molar-refractivity contribution < 1.29 is 42.1 Å². The molecule has 0 bridgehead atoms. The molecule has 2 aliphatic rings. The van der Waals surface area contributed by atoms with Crippen molar-refractivity contribution in [2.45, 2.75) is 75.4 Å². The van der Waals surface area contributed by atoms with Crippen LogP contribution in [0.25, 0.3) is 0 Å². The van der Waals surface area contributed by atoms with Crippen molar-refractivity contribution in [1.29, 1.82) is 0 Å². The van der Waals surface area contributed by atoms with Crippen molar-refractivity contribution in [3.63, 3.8) is 0 Å². The molecule has 5 nitrogen and oxygen atoms in total. The summed E-state index contributed by atoms with van der Waals surface area (Å²) in [7, 11) is 0. The Balaban J connectivity index is 0.000000203. The third-order valence-electron chi connectivity index (χ3n) is 5.65. The zero-order chi connectivity index (χ0) is 25.9. The number of aromatic hydroxyl groups is 1. The number of hydrogen-bond donors (Lipinski definition) is 2. The highest BCUT2D eigenvalue weighted by atomic mass is 19.3. The van der Waals surface area contributed by atoms with E-state index in [1.165, 1.54) is 12.1 Å². The van der Waals surface area contributed by atoms with Crippen LogP contribution in [0.3, 0.4) is 0 Å². The lowest BCUT2D eigenvalue weighted by Crippen LogP contribution is -2.30. The fourth-order valence-electron chi connectivity index (χ4n) is 3.61. The summed E-state index contributed by atoms with van der Waals surface area (Å²) < 4.78 is 56.0. The Morgan fingerprint density at radius 3 is 1.71 bits per heavy atom. The Labute approximate surface area is 201 Å². The minimum Gasteiger partial charge on any atom is -0.508 e. The van der Waals surface area contributed by atoms with Crippen molar-refractivity contribution in [3.05, 3.63) is 59.7 Å². The van der Waals surface area contributed by atoms with Crippen LogP contribution in [0.2, 0.25) is 0 Å². The average Bonchev–Trinajstić information content (AvgIpc) is 2.83. The maximum Gasteiger partial charge on any atom is 0.248 e. The molecule has 0 aromatic heterocycles. The first kappa shape index (κ1) is 28.3. The van der Waals surface area contributed by atoms with E-state index in [9.17, 15) is 27.2 Å². The van der Waals surface area contributed by atoms with E-state index in [2.05, 4.69) is 0 Å². The van der Waals surface area contributed by atoms with Crippen molar-refractivity contribution in [3.8, 4) is 11.5 Å². The van der Waals surface area contributed by atoms with Crippen molar-refractivity contribution >= 4 is 12.6 Å².